The monoisotopic (exact) mass is 155 g/mol. The zero-order chi connectivity index (χ0) is 8.32. The summed E-state index contributed by atoms with van der Waals surface area (Å²) in [5.74, 6) is 0.791. The molecule has 1 aliphatic rings. The van der Waals surface area contributed by atoms with Crippen LogP contribution in [0.3, 0.4) is 0 Å². The van der Waals surface area contributed by atoms with Crippen LogP contribution in [0.5, 0.6) is 0 Å². The highest BCUT2D eigenvalue weighted by Gasteiger charge is 2.34. The van der Waals surface area contributed by atoms with Crippen LogP contribution in [0.1, 0.15) is 46.5 Å². The van der Waals surface area contributed by atoms with E-state index in [0.29, 0.717) is 5.54 Å². The van der Waals surface area contributed by atoms with Gasteiger partial charge in [0.15, 0.2) is 0 Å². The molecule has 0 aromatic rings. The van der Waals surface area contributed by atoms with Crippen LogP contribution in [0, 0.1) is 5.92 Å². The summed E-state index contributed by atoms with van der Waals surface area (Å²) in [4.78, 5) is 0. The summed E-state index contributed by atoms with van der Waals surface area (Å²) in [6.07, 6.45) is 5.53. The number of rotatable bonds is 4. The highest BCUT2D eigenvalue weighted by atomic mass is 15.0. The van der Waals surface area contributed by atoms with Crippen LogP contribution in [-0.2, 0) is 0 Å². The number of nitrogens with one attached hydrogen (secondary N) is 1. The molecular weight excluding hydrogens is 134 g/mol. The van der Waals surface area contributed by atoms with E-state index >= 15 is 0 Å². The van der Waals surface area contributed by atoms with Crippen molar-refractivity contribution < 1.29 is 0 Å². The number of hydrogen-bond donors (Lipinski definition) is 1. The summed E-state index contributed by atoms with van der Waals surface area (Å²) in [5.41, 5.74) is 0.546. The Bertz CT molecular complexity index is 109. The van der Waals surface area contributed by atoms with Crippen LogP contribution in [0.4, 0.5) is 0 Å². The second kappa shape index (κ2) is 3.57. The number of hydrogen-bond acceptors (Lipinski definition) is 1. The van der Waals surface area contributed by atoms with Crippen molar-refractivity contribution >= 4 is 0 Å². The molecule has 0 amide bonds. The molecule has 1 N–H and O–H groups in total. The third-order valence-electron chi connectivity index (χ3n) is 2.87. The van der Waals surface area contributed by atoms with Gasteiger partial charge in [0.1, 0.15) is 0 Å². The van der Waals surface area contributed by atoms with Gasteiger partial charge in [-0.25, -0.2) is 0 Å². The van der Waals surface area contributed by atoms with E-state index in [-0.39, 0.29) is 0 Å². The summed E-state index contributed by atoms with van der Waals surface area (Å²) in [6, 6.07) is 0. The molecule has 11 heavy (non-hydrogen) atoms. The molecule has 1 rings (SSSR count). The van der Waals surface area contributed by atoms with Gasteiger partial charge in [-0.15, -0.1) is 0 Å². The van der Waals surface area contributed by atoms with Crippen molar-refractivity contribution in [1.29, 1.82) is 0 Å². The maximum Gasteiger partial charge on any atom is 0.0179 e. The Labute approximate surface area is 70.6 Å². The molecule has 1 aliphatic carbocycles. The molecule has 0 radical (unpaired) electrons. The van der Waals surface area contributed by atoms with Crippen LogP contribution in [0.2, 0.25) is 0 Å². The van der Waals surface area contributed by atoms with E-state index in [1.807, 2.05) is 0 Å². The van der Waals surface area contributed by atoms with Crippen molar-refractivity contribution in [3.8, 4) is 0 Å². The van der Waals surface area contributed by atoms with Gasteiger partial charge in [-0.1, -0.05) is 20.8 Å². The van der Waals surface area contributed by atoms with Crippen molar-refractivity contribution in [1.82, 2.24) is 5.32 Å². The molecule has 0 aromatic heterocycles. The molecule has 0 bridgehead atoms. The lowest BCUT2D eigenvalue weighted by molar-refractivity contribution is 0.171. The lowest BCUT2D eigenvalue weighted by Gasteiger charge is -2.42. The maximum atomic E-state index is 3.68. The molecule has 0 heterocycles. The van der Waals surface area contributed by atoms with E-state index in [0.717, 1.165) is 5.92 Å². The standard InChI is InChI=1S/C10H21N/c1-4-10(6-5-7-10)11-8-9(2)3/h9,11H,4-8H2,1-3H3. The highest BCUT2D eigenvalue weighted by molar-refractivity contribution is 4.94. The SMILES string of the molecule is CCC1(NCC(C)C)CCC1. The topological polar surface area (TPSA) is 12.0 Å². The summed E-state index contributed by atoms with van der Waals surface area (Å²) in [6.45, 7) is 8.03. The molecule has 1 nitrogen and oxygen atoms in total. The van der Waals surface area contributed by atoms with Crippen LogP contribution >= 0.6 is 0 Å². The molecular formula is C10H21N. The average Bonchev–Trinajstić information content (AvgIpc) is 1.86. The van der Waals surface area contributed by atoms with Gasteiger partial charge in [-0.2, -0.15) is 0 Å². The van der Waals surface area contributed by atoms with E-state index < -0.39 is 0 Å². The van der Waals surface area contributed by atoms with Gasteiger partial charge in [0.25, 0.3) is 0 Å². The van der Waals surface area contributed by atoms with Crippen LogP contribution in [0.25, 0.3) is 0 Å². The molecule has 1 heteroatoms. The molecule has 1 fully saturated rings. The first kappa shape index (κ1) is 9.05. The van der Waals surface area contributed by atoms with Crippen molar-refractivity contribution in [2.75, 3.05) is 6.54 Å². The molecule has 0 saturated heterocycles. The van der Waals surface area contributed by atoms with Gasteiger partial charge in [0.2, 0.25) is 0 Å². The predicted molar refractivity (Wildman–Crippen MR) is 49.7 cm³/mol. The Hall–Kier alpha value is -0.0400. The van der Waals surface area contributed by atoms with Crippen molar-refractivity contribution in [2.45, 2.75) is 52.0 Å². The van der Waals surface area contributed by atoms with Crippen LogP contribution in [-0.4, -0.2) is 12.1 Å². The second-order valence-electron chi connectivity index (χ2n) is 4.26. The lowest BCUT2D eigenvalue weighted by atomic mass is 9.74. The Morgan fingerprint density at radius 2 is 2.00 bits per heavy atom. The van der Waals surface area contributed by atoms with E-state index in [1.54, 1.807) is 0 Å². The minimum absolute atomic E-state index is 0.546. The first-order valence-corrected chi connectivity index (χ1v) is 4.93. The van der Waals surface area contributed by atoms with Gasteiger partial charge in [-0.3, -0.25) is 0 Å². The van der Waals surface area contributed by atoms with Crippen molar-refractivity contribution in [3.63, 3.8) is 0 Å². The fourth-order valence-electron chi connectivity index (χ4n) is 1.68. The fraction of sp³-hybridized carbons (Fsp3) is 1.00. The first-order chi connectivity index (χ1) is 5.18. The third-order valence-corrected chi connectivity index (χ3v) is 2.87. The molecule has 0 aliphatic heterocycles. The maximum absolute atomic E-state index is 3.68. The molecule has 0 spiro atoms. The minimum Gasteiger partial charge on any atom is -0.311 e. The van der Waals surface area contributed by atoms with Gasteiger partial charge < -0.3 is 5.32 Å². The van der Waals surface area contributed by atoms with Gasteiger partial charge >= 0.3 is 0 Å². The Kier molecular flexibility index (Phi) is 2.94. The van der Waals surface area contributed by atoms with Gasteiger partial charge in [0.05, 0.1) is 0 Å². The first-order valence-electron chi connectivity index (χ1n) is 4.93. The highest BCUT2D eigenvalue weighted by Crippen LogP contribution is 2.34. The summed E-state index contributed by atoms with van der Waals surface area (Å²) in [5, 5.41) is 3.68. The van der Waals surface area contributed by atoms with E-state index in [4.69, 9.17) is 0 Å². The summed E-state index contributed by atoms with van der Waals surface area (Å²) < 4.78 is 0. The fourth-order valence-corrected chi connectivity index (χ4v) is 1.68. The largest absolute Gasteiger partial charge is 0.311 e. The van der Waals surface area contributed by atoms with Crippen molar-refractivity contribution in [3.05, 3.63) is 0 Å². The van der Waals surface area contributed by atoms with E-state index in [2.05, 4.69) is 26.1 Å². The molecule has 66 valence electrons. The molecule has 0 unspecified atom stereocenters. The zero-order valence-corrected chi connectivity index (χ0v) is 8.11. The lowest BCUT2D eigenvalue weighted by Crippen LogP contribution is -2.51. The van der Waals surface area contributed by atoms with Crippen molar-refractivity contribution in [2.24, 2.45) is 5.92 Å². The smallest absolute Gasteiger partial charge is 0.0179 e. The summed E-state index contributed by atoms with van der Waals surface area (Å²) in [7, 11) is 0. The van der Waals surface area contributed by atoms with Crippen LogP contribution in [0.15, 0.2) is 0 Å². The van der Waals surface area contributed by atoms with E-state index in [9.17, 15) is 0 Å². The molecule has 0 atom stereocenters. The molecule has 1 saturated carbocycles. The predicted octanol–water partition coefficient (Wildman–Crippen LogP) is 2.56. The normalized spacial score (nSPS) is 21.8. The Balaban J connectivity index is 2.22. The second-order valence-corrected chi connectivity index (χ2v) is 4.26. The quantitative estimate of drug-likeness (QED) is 0.658. The minimum atomic E-state index is 0.546. The van der Waals surface area contributed by atoms with Gasteiger partial charge in [0, 0.05) is 5.54 Å². The van der Waals surface area contributed by atoms with Crippen LogP contribution < -0.4 is 5.32 Å². The Morgan fingerprint density at radius 1 is 1.36 bits per heavy atom. The Morgan fingerprint density at radius 3 is 2.27 bits per heavy atom. The zero-order valence-electron chi connectivity index (χ0n) is 8.11. The summed E-state index contributed by atoms with van der Waals surface area (Å²) >= 11 is 0. The molecule has 0 aromatic carbocycles. The average molecular weight is 155 g/mol. The third kappa shape index (κ3) is 2.19. The van der Waals surface area contributed by atoms with Gasteiger partial charge in [-0.05, 0) is 38.1 Å². The van der Waals surface area contributed by atoms with E-state index in [1.165, 1.54) is 32.2 Å².